The van der Waals surface area contributed by atoms with Crippen LogP contribution in [0.5, 0.6) is 0 Å². The topological polar surface area (TPSA) is 52.6 Å². The van der Waals surface area contributed by atoms with Crippen molar-refractivity contribution in [3.05, 3.63) is 59.8 Å². The molecule has 1 aliphatic heterocycles. The predicted octanol–water partition coefficient (Wildman–Crippen LogP) is 3.21. The van der Waals surface area contributed by atoms with E-state index in [0.29, 0.717) is 0 Å². The first-order chi connectivity index (χ1) is 12.3. The molecule has 5 nitrogen and oxygen atoms in total. The Kier molecular flexibility index (Phi) is 8.67. The summed E-state index contributed by atoms with van der Waals surface area (Å²) in [4.78, 5) is 11.2. The minimum atomic E-state index is 0. The molecule has 140 valence electrons. The molecule has 1 fully saturated rings. The van der Waals surface area contributed by atoms with E-state index in [1.54, 1.807) is 7.05 Å². The molecule has 1 aliphatic rings. The highest BCUT2D eigenvalue weighted by Crippen LogP contribution is 2.18. The quantitative estimate of drug-likeness (QED) is 0.391. The molecule has 0 saturated carbocycles. The monoisotopic (exact) mass is 465 g/mol. The summed E-state index contributed by atoms with van der Waals surface area (Å²) in [5, 5.41) is 6.75. The number of aliphatic imine (C=N–C) groups is 1. The number of nitrogens with one attached hydrogen (secondary N) is 2. The molecule has 0 atom stereocenters. The minimum absolute atomic E-state index is 0. The Morgan fingerprint density at radius 2 is 1.85 bits per heavy atom. The van der Waals surface area contributed by atoms with Gasteiger partial charge >= 0.3 is 0 Å². The van der Waals surface area contributed by atoms with E-state index in [2.05, 4.69) is 61.9 Å². The number of rotatable bonds is 6. The number of pyridine rings is 1. The summed E-state index contributed by atoms with van der Waals surface area (Å²) in [6.45, 7) is 3.84. The van der Waals surface area contributed by atoms with Crippen LogP contribution < -0.4 is 15.5 Å². The van der Waals surface area contributed by atoms with Crippen LogP contribution in [0, 0.1) is 0 Å². The van der Waals surface area contributed by atoms with Crippen molar-refractivity contribution in [3.8, 4) is 0 Å². The molecule has 0 unspecified atom stereocenters. The van der Waals surface area contributed by atoms with E-state index in [4.69, 9.17) is 0 Å². The van der Waals surface area contributed by atoms with Crippen LogP contribution in [-0.4, -0.2) is 37.6 Å². The zero-order chi connectivity index (χ0) is 17.3. The van der Waals surface area contributed by atoms with Gasteiger partial charge in [0.25, 0.3) is 0 Å². The van der Waals surface area contributed by atoms with E-state index in [1.165, 1.54) is 24.0 Å². The van der Waals surface area contributed by atoms with Gasteiger partial charge in [-0.25, -0.2) is 4.98 Å². The Hall–Kier alpha value is -1.83. The van der Waals surface area contributed by atoms with Crippen LogP contribution in [0.3, 0.4) is 0 Å². The van der Waals surface area contributed by atoms with Crippen LogP contribution in [0.25, 0.3) is 0 Å². The normalized spacial score (nSPS) is 14.0. The molecule has 0 radical (unpaired) electrons. The fourth-order valence-corrected chi connectivity index (χ4v) is 3.07. The Morgan fingerprint density at radius 3 is 2.58 bits per heavy atom. The summed E-state index contributed by atoms with van der Waals surface area (Å²) in [5.74, 6) is 1.92. The Bertz CT molecular complexity index is 684. The number of hydrogen-bond donors (Lipinski definition) is 2. The van der Waals surface area contributed by atoms with Crippen LogP contribution >= 0.6 is 24.0 Å². The van der Waals surface area contributed by atoms with Gasteiger partial charge in [0, 0.05) is 39.4 Å². The van der Waals surface area contributed by atoms with Crippen molar-refractivity contribution in [2.45, 2.75) is 25.8 Å². The lowest BCUT2D eigenvalue weighted by Gasteiger charge is -2.17. The van der Waals surface area contributed by atoms with E-state index in [0.717, 1.165) is 44.4 Å². The van der Waals surface area contributed by atoms with Gasteiger partial charge in [0.15, 0.2) is 5.96 Å². The molecule has 0 bridgehead atoms. The lowest BCUT2D eigenvalue weighted by atomic mass is 10.1. The standard InChI is InChI=1S/C20H27N5.HI/c1-21-20(23-12-9-17-7-3-2-4-8-17)24-16-18-10-11-22-19(15-18)25-13-5-6-14-25;/h2-4,7-8,10-11,15H,5-6,9,12-14,16H2,1H3,(H2,21,23,24);1H. The van der Waals surface area contributed by atoms with Gasteiger partial charge in [-0.15, -0.1) is 24.0 Å². The maximum absolute atomic E-state index is 4.50. The molecular formula is C20H28IN5. The van der Waals surface area contributed by atoms with Gasteiger partial charge in [0.2, 0.25) is 0 Å². The van der Waals surface area contributed by atoms with E-state index < -0.39 is 0 Å². The summed E-state index contributed by atoms with van der Waals surface area (Å²) >= 11 is 0. The van der Waals surface area contributed by atoms with Crippen LogP contribution in [0.4, 0.5) is 5.82 Å². The zero-order valence-electron chi connectivity index (χ0n) is 15.3. The molecule has 0 aliphatic carbocycles. The van der Waals surface area contributed by atoms with Gasteiger partial charge in [-0.3, -0.25) is 4.99 Å². The fourth-order valence-electron chi connectivity index (χ4n) is 3.07. The van der Waals surface area contributed by atoms with Crippen molar-refractivity contribution in [3.63, 3.8) is 0 Å². The van der Waals surface area contributed by atoms with Crippen molar-refractivity contribution in [2.75, 3.05) is 31.6 Å². The number of nitrogens with zero attached hydrogens (tertiary/aromatic N) is 3. The van der Waals surface area contributed by atoms with E-state index in [9.17, 15) is 0 Å². The van der Waals surface area contributed by atoms with E-state index in [1.807, 2.05) is 12.3 Å². The van der Waals surface area contributed by atoms with Crippen LogP contribution in [0.15, 0.2) is 53.7 Å². The van der Waals surface area contributed by atoms with Gasteiger partial charge in [-0.2, -0.15) is 0 Å². The third-order valence-corrected chi connectivity index (χ3v) is 4.47. The minimum Gasteiger partial charge on any atom is -0.357 e. The van der Waals surface area contributed by atoms with Crippen molar-refractivity contribution >= 4 is 35.8 Å². The van der Waals surface area contributed by atoms with Gasteiger partial charge in [-0.1, -0.05) is 30.3 Å². The number of hydrogen-bond acceptors (Lipinski definition) is 3. The fraction of sp³-hybridized carbons (Fsp3) is 0.400. The molecule has 1 saturated heterocycles. The summed E-state index contributed by atoms with van der Waals surface area (Å²) in [5.41, 5.74) is 2.55. The second kappa shape index (κ2) is 11.0. The number of guanidine groups is 1. The average Bonchev–Trinajstić information content (AvgIpc) is 3.20. The molecular weight excluding hydrogens is 437 g/mol. The van der Waals surface area contributed by atoms with Crippen LogP contribution in [0.2, 0.25) is 0 Å². The SMILES string of the molecule is CN=C(NCCc1ccccc1)NCc1ccnc(N2CCCC2)c1.I. The Labute approximate surface area is 173 Å². The van der Waals surface area contributed by atoms with Gasteiger partial charge in [0.05, 0.1) is 0 Å². The number of aromatic nitrogens is 1. The first-order valence-electron chi connectivity index (χ1n) is 9.03. The van der Waals surface area contributed by atoms with E-state index >= 15 is 0 Å². The highest BCUT2D eigenvalue weighted by Gasteiger charge is 2.13. The maximum Gasteiger partial charge on any atom is 0.191 e. The summed E-state index contributed by atoms with van der Waals surface area (Å²) < 4.78 is 0. The predicted molar refractivity (Wildman–Crippen MR) is 119 cm³/mol. The largest absolute Gasteiger partial charge is 0.357 e. The van der Waals surface area contributed by atoms with E-state index in [-0.39, 0.29) is 24.0 Å². The molecule has 6 heteroatoms. The molecule has 0 amide bonds. The molecule has 3 rings (SSSR count). The molecule has 2 aromatic rings. The third-order valence-electron chi connectivity index (χ3n) is 4.47. The van der Waals surface area contributed by atoms with Crippen molar-refractivity contribution in [1.29, 1.82) is 0 Å². The highest BCUT2D eigenvalue weighted by molar-refractivity contribution is 14.0. The number of benzene rings is 1. The van der Waals surface area contributed by atoms with Crippen LogP contribution in [-0.2, 0) is 13.0 Å². The Morgan fingerprint density at radius 1 is 1.08 bits per heavy atom. The van der Waals surface area contributed by atoms with Gasteiger partial charge < -0.3 is 15.5 Å². The summed E-state index contributed by atoms with van der Waals surface area (Å²) in [7, 11) is 1.81. The smallest absolute Gasteiger partial charge is 0.191 e. The van der Waals surface area contributed by atoms with Crippen molar-refractivity contribution in [1.82, 2.24) is 15.6 Å². The molecule has 2 N–H and O–H groups in total. The van der Waals surface area contributed by atoms with Gasteiger partial charge in [0.1, 0.15) is 5.82 Å². The second-order valence-corrected chi connectivity index (χ2v) is 6.30. The summed E-state index contributed by atoms with van der Waals surface area (Å²) in [6.07, 6.45) is 5.41. The second-order valence-electron chi connectivity index (χ2n) is 6.30. The third kappa shape index (κ3) is 6.16. The average molecular weight is 465 g/mol. The molecule has 26 heavy (non-hydrogen) atoms. The van der Waals surface area contributed by atoms with Crippen molar-refractivity contribution in [2.24, 2.45) is 4.99 Å². The molecule has 0 spiro atoms. The number of anilines is 1. The zero-order valence-corrected chi connectivity index (χ0v) is 17.6. The molecule has 1 aromatic carbocycles. The summed E-state index contributed by atoms with van der Waals surface area (Å²) in [6, 6.07) is 14.7. The van der Waals surface area contributed by atoms with Gasteiger partial charge in [-0.05, 0) is 42.5 Å². The molecule has 2 heterocycles. The lowest BCUT2D eigenvalue weighted by Crippen LogP contribution is -2.37. The first kappa shape index (κ1) is 20.5. The van der Waals surface area contributed by atoms with Crippen LogP contribution in [0.1, 0.15) is 24.0 Å². The van der Waals surface area contributed by atoms with Crippen molar-refractivity contribution < 1.29 is 0 Å². The lowest BCUT2D eigenvalue weighted by molar-refractivity contribution is 0.793. The maximum atomic E-state index is 4.50. The number of halogens is 1. The Balaban J connectivity index is 0.00000243. The first-order valence-corrected chi connectivity index (χ1v) is 9.03. The molecule has 1 aromatic heterocycles. The highest BCUT2D eigenvalue weighted by atomic mass is 127.